The van der Waals surface area contributed by atoms with Crippen molar-refractivity contribution in [2.45, 2.75) is 26.7 Å². The van der Waals surface area contributed by atoms with Gasteiger partial charge in [0.2, 0.25) is 0 Å². The van der Waals surface area contributed by atoms with E-state index in [4.69, 9.17) is 10.2 Å². The zero-order valence-corrected chi connectivity index (χ0v) is 7.88. The smallest absolute Gasteiger partial charge is 0.0515 e. The summed E-state index contributed by atoms with van der Waals surface area (Å²) < 4.78 is 0. The van der Waals surface area contributed by atoms with Crippen LogP contribution in [0.3, 0.4) is 0 Å². The van der Waals surface area contributed by atoms with Gasteiger partial charge in [-0.15, -0.1) is 0 Å². The average molecular weight is 170 g/mol. The lowest BCUT2D eigenvalue weighted by atomic mass is 10.0. The van der Waals surface area contributed by atoms with E-state index in [0.29, 0.717) is 5.92 Å². The molecule has 0 heterocycles. The Labute approximate surface area is 73.9 Å². The summed E-state index contributed by atoms with van der Waals surface area (Å²) in [5.41, 5.74) is 1.14. The Bertz CT molecular complexity index is 180. The molecule has 1 fully saturated rings. The maximum Gasteiger partial charge on any atom is 0.0515 e. The van der Waals surface area contributed by atoms with Crippen LogP contribution in [0.4, 0.5) is 0 Å². The van der Waals surface area contributed by atoms with Crippen LogP contribution in [0, 0.1) is 11.3 Å². The number of allylic oxidation sites excluding steroid dienone is 2. The molecule has 0 radical (unpaired) electrons. The Hall–Kier alpha value is -0.340. The van der Waals surface area contributed by atoms with Crippen LogP contribution < -0.4 is 0 Å². The average Bonchev–Trinajstić information content (AvgIpc) is 2.80. The summed E-state index contributed by atoms with van der Waals surface area (Å²) in [6.45, 7) is 4.42. The third-order valence-electron chi connectivity index (χ3n) is 2.90. The molecule has 0 spiro atoms. The summed E-state index contributed by atoms with van der Waals surface area (Å²) in [6, 6.07) is 0. The molecule has 0 saturated heterocycles. The molecule has 0 aromatic heterocycles. The first-order valence-corrected chi connectivity index (χ1v) is 4.58. The van der Waals surface area contributed by atoms with Gasteiger partial charge in [-0.25, -0.2) is 0 Å². The summed E-state index contributed by atoms with van der Waals surface area (Å²) in [5.74, 6) is 0.424. The van der Waals surface area contributed by atoms with E-state index in [2.05, 4.69) is 19.9 Å². The van der Waals surface area contributed by atoms with Crippen LogP contribution in [0.2, 0.25) is 0 Å². The molecule has 1 atom stereocenters. The third kappa shape index (κ3) is 1.54. The molecular weight excluding hydrogens is 152 g/mol. The van der Waals surface area contributed by atoms with Gasteiger partial charge in [0, 0.05) is 5.41 Å². The molecule has 1 saturated carbocycles. The van der Waals surface area contributed by atoms with Gasteiger partial charge in [-0.05, 0) is 25.7 Å². The van der Waals surface area contributed by atoms with Gasteiger partial charge in [0.25, 0.3) is 0 Å². The Kier molecular flexibility index (Phi) is 2.91. The zero-order valence-electron chi connectivity index (χ0n) is 7.88. The van der Waals surface area contributed by atoms with Crippen molar-refractivity contribution >= 4 is 0 Å². The zero-order chi connectivity index (χ0) is 9.19. The summed E-state index contributed by atoms with van der Waals surface area (Å²) in [6.07, 6.45) is 4.16. The molecule has 0 unspecified atom stereocenters. The predicted octanol–water partition coefficient (Wildman–Crippen LogP) is 1.33. The van der Waals surface area contributed by atoms with E-state index in [1.165, 1.54) is 5.57 Å². The summed E-state index contributed by atoms with van der Waals surface area (Å²) in [4.78, 5) is 0. The minimum Gasteiger partial charge on any atom is -0.396 e. The van der Waals surface area contributed by atoms with Crippen LogP contribution in [0.25, 0.3) is 0 Å². The summed E-state index contributed by atoms with van der Waals surface area (Å²) in [5, 5.41) is 18.1. The molecule has 1 aliphatic carbocycles. The Morgan fingerprint density at radius 3 is 2.42 bits per heavy atom. The van der Waals surface area contributed by atoms with E-state index in [9.17, 15) is 0 Å². The molecule has 1 aliphatic rings. The van der Waals surface area contributed by atoms with E-state index in [0.717, 1.165) is 12.8 Å². The number of hydrogen-bond donors (Lipinski definition) is 2. The Balaban J connectivity index is 2.55. The van der Waals surface area contributed by atoms with Gasteiger partial charge in [0.05, 0.1) is 13.2 Å². The molecule has 0 aliphatic heterocycles. The van der Waals surface area contributed by atoms with Gasteiger partial charge < -0.3 is 10.2 Å². The van der Waals surface area contributed by atoms with Crippen LogP contribution in [0.5, 0.6) is 0 Å². The molecule has 0 bridgehead atoms. The normalized spacial score (nSPS) is 27.3. The van der Waals surface area contributed by atoms with Crippen LogP contribution in [0.1, 0.15) is 26.7 Å². The van der Waals surface area contributed by atoms with Crippen molar-refractivity contribution in [3.63, 3.8) is 0 Å². The lowest BCUT2D eigenvalue weighted by molar-refractivity contribution is 0.125. The fraction of sp³-hybridized carbons (Fsp3) is 0.800. The molecule has 1 rings (SSSR count). The SMILES string of the molecule is CC/C=C(/C)[C@H]1CC1(CO)CO. The summed E-state index contributed by atoms with van der Waals surface area (Å²) >= 11 is 0. The quantitative estimate of drug-likeness (QED) is 0.625. The first-order valence-electron chi connectivity index (χ1n) is 4.58. The molecule has 0 amide bonds. The van der Waals surface area contributed by atoms with Crippen molar-refractivity contribution in [2.75, 3.05) is 13.2 Å². The molecule has 2 heteroatoms. The lowest BCUT2D eigenvalue weighted by Gasteiger charge is -2.10. The van der Waals surface area contributed by atoms with E-state index in [-0.39, 0.29) is 18.6 Å². The van der Waals surface area contributed by atoms with Crippen LogP contribution in [0.15, 0.2) is 11.6 Å². The highest BCUT2D eigenvalue weighted by molar-refractivity contribution is 5.19. The molecule has 0 aromatic rings. The van der Waals surface area contributed by atoms with Gasteiger partial charge >= 0.3 is 0 Å². The van der Waals surface area contributed by atoms with Crippen molar-refractivity contribution in [1.29, 1.82) is 0 Å². The lowest BCUT2D eigenvalue weighted by Crippen LogP contribution is -2.15. The molecule has 12 heavy (non-hydrogen) atoms. The van der Waals surface area contributed by atoms with Crippen LogP contribution in [-0.2, 0) is 0 Å². The van der Waals surface area contributed by atoms with Gasteiger partial charge in [0.15, 0.2) is 0 Å². The fourth-order valence-electron chi connectivity index (χ4n) is 1.86. The van der Waals surface area contributed by atoms with E-state index in [1.54, 1.807) is 0 Å². The topological polar surface area (TPSA) is 40.5 Å². The van der Waals surface area contributed by atoms with Crippen molar-refractivity contribution in [3.8, 4) is 0 Å². The van der Waals surface area contributed by atoms with Crippen molar-refractivity contribution in [2.24, 2.45) is 11.3 Å². The minimum absolute atomic E-state index is 0.114. The third-order valence-corrected chi connectivity index (χ3v) is 2.90. The first-order chi connectivity index (χ1) is 5.70. The van der Waals surface area contributed by atoms with Gasteiger partial charge in [0.1, 0.15) is 0 Å². The van der Waals surface area contributed by atoms with Gasteiger partial charge in [-0.2, -0.15) is 0 Å². The standard InChI is InChI=1S/C10H18O2/c1-3-4-8(2)9-5-10(9,6-11)7-12/h4,9,11-12H,3,5-7H2,1-2H3/b8-4-/t9-/m1/s1. The maximum atomic E-state index is 9.06. The van der Waals surface area contributed by atoms with Crippen LogP contribution in [-0.4, -0.2) is 23.4 Å². The highest BCUT2D eigenvalue weighted by atomic mass is 16.3. The number of aliphatic hydroxyl groups excluding tert-OH is 2. The van der Waals surface area contributed by atoms with E-state index < -0.39 is 0 Å². The molecule has 2 nitrogen and oxygen atoms in total. The Morgan fingerprint density at radius 2 is 2.08 bits per heavy atom. The predicted molar refractivity (Wildman–Crippen MR) is 48.8 cm³/mol. The number of hydrogen-bond acceptors (Lipinski definition) is 2. The van der Waals surface area contributed by atoms with Gasteiger partial charge in [-0.3, -0.25) is 0 Å². The first kappa shape index (κ1) is 9.75. The Morgan fingerprint density at radius 1 is 1.50 bits per heavy atom. The van der Waals surface area contributed by atoms with Crippen molar-refractivity contribution in [1.82, 2.24) is 0 Å². The second kappa shape index (κ2) is 3.58. The van der Waals surface area contributed by atoms with E-state index in [1.807, 2.05) is 0 Å². The van der Waals surface area contributed by atoms with Gasteiger partial charge in [-0.1, -0.05) is 18.6 Å². The maximum absolute atomic E-state index is 9.06. The second-order valence-corrected chi connectivity index (χ2v) is 3.79. The van der Waals surface area contributed by atoms with Crippen LogP contribution >= 0.6 is 0 Å². The van der Waals surface area contributed by atoms with E-state index >= 15 is 0 Å². The number of aliphatic hydroxyl groups is 2. The fourth-order valence-corrected chi connectivity index (χ4v) is 1.86. The summed E-state index contributed by atoms with van der Waals surface area (Å²) in [7, 11) is 0. The minimum atomic E-state index is -0.185. The molecular formula is C10H18O2. The largest absolute Gasteiger partial charge is 0.396 e. The monoisotopic (exact) mass is 170 g/mol. The molecule has 0 aromatic carbocycles. The van der Waals surface area contributed by atoms with Crippen molar-refractivity contribution < 1.29 is 10.2 Å². The van der Waals surface area contributed by atoms with Crippen molar-refractivity contribution in [3.05, 3.63) is 11.6 Å². The molecule has 2 N–H and O–H groups in total. The highest BCUT2D eigenvalue weighted by Crippen LogP contribution is 2.55. The molecule has 70 valence electrons. The number of rotatable bonds is 4. The second-order valence-electron chi connectivity index (χ2n) is 3.79. The highest BCUT2D eigenvalue weighted by Gasteiger charge is 2.53.